The first-order valence-corrected chi connectivity index (χ1v) is 8.81. The first-order chi connectivity index (χ1) is 11.8. The summed E-state index contributed by atoms with van der Waals surface area (Å²) >= 11 is 0. The van der Waals surface area contributed by atoms with Crippen LogP contribution >= 0.6 is 0 Å². The number of nitrogens with one attached hydrogen (secondary N) is 1. The molecular formula is C17H32N2O6. The van der Waals surface area contributed by atoms with Gasteiger partial charge in [0.05, 0.1) is 13.7 Å². The summed E-state index contributed by atoms with van der Waals surface area (Å²) in [5.74, 6) is -1.74. The van der Waals surface area contributed by atoms with Crippen LogP contribution in [-0.2, 0) is 19.1 Å². The highest BCUT2D eigenvalue weighted by Gasteiger charge is 2.29. The highest BCUT2D eigenvalue weighted by molar-refractivity contribution is 5.80. The number of nitrogens with two attached hydrogens (primary N) is 1. The lowest BCUT2D eigenvalue weighted by Gasteiger charge is -2.23. The summed E-state index contributed by atoms with van der Waals surface area (Å²) < 4.78 is 9.66. The van der Waals surface area contributed by atoms with Gasteiger partial charge >= 0.3 is 18.0 Å². The van der Waals surface area contributed by atoms with Crippen molar-refractivity contribution in [3.05, 3.63) is 0 Å². The van der Waals surface area contributed by atoms with Crippen molar-refractivity contribution >= 4 is 18.0 Å². The number of rotatable bonds is 12. The predicted octanol–water partition coefficient (Wildman–Crippen LogP) is 1.91. The molecule has 0 heterocycles. The molecule has 0 saturated heterocycles. The molecule has 0 radical (unpaired) electrons. The Hall–Kier alpha value is -1.83. The summed E-state index contributed by atoms with van der Waals surface area (Å²) in [6.07, 6.45) is 2.38. The van der Waals surface area contributed by atoms with Crippen molar-refractivity contribution in [1.82, 2.24) is 5.32 Å². The fraction of sp³-hybridized carbons (Fsp3) is 0.824. The van der Waals surface area contributed by atoms with Crippen molar-refractivity contribution in [3.8, 4) is 0 Å². The molecule has 146 valence electrons. The largest absolute Gasteiger partial charge is 0.480 e. The smallest absolute Gasteiger partial charge is 0.407 e. The molecule has 4 N–H and O–H groups in total. The molecule has 0 aromatic heterocycles. The van der Waals surface area contributed by atoms with E-state index in [1.807, 2.05) is 20.8 Å². The zero-order chi connectivity index (χ0) is 19.4. The van der Waals surface area contributed by atoms with E-state index < -0.39 is 30.1 Å². The standard InChI is InChI=1S/C17H32N2O6/c1-5-11(6-2)13(18)16(22)25-10-8-9-12(7-3)14(15(20)21)19-17(23)24-4/h11-14H,5-10,18H2,1-4H3,(H,19,23)(H,20,21)/t12?,13-,14-/m0/s1. The van der Waals surface area contributed by atoms with Crippen LogP contribution in [0.4, 0.5) is 4.79 Å². The Morgan fingerprint density at radius 3 is 2.08 bits per heavy atom. The maximum absolute atomic E-state index is 11.9. The molecule has 1 amide bonds. The molecule has 0 fully saturated rings. The molecule has 0 aromatic carbocycles. The topological polar surface area (TPSA) is 128 Å². The molecule has 25 heavy (non-hydrogen) atoms. The van der Waals surface area contributed by atoms with Gasteiger partial charge in [-0.1, -0.05) is 40.0 Å². The van der Waals surface area contributed by atoms with Crippen LogP contribution in [0, 0.1) is 11.8 Å². The molecule has 0 bridgehead atoms. The van der Waals surface area contributed by atoms with E-state index in [0.717, 1.165) is 12.8 Å². The molecule has 0 aliphatic carbocycles. The van der Waals surface area contributed by atoms with Crippen LogP contribution < -0.4 is 11.1 Å². The second kappa shape index (κ2) is 12.5. The van der Waals surface area contributed by atoms with Crippen molar-refractivity contribution in [2.75, 3.05) is 13.7 Å². The maximum Gasteiger partial charge on any atom is 0.407 e. The summed E-state index contributed by atoms with van der Waals surface area (Å²) in [5, 5.41) is 11.6. The molecule has 0 rings (SSSR count). The minimum absolute atomic E-state index is 0.0940. The van der Waals surface area contributed by atoms with Crippen molar-refractivity contribution in [3.63, 3.8) is 0 Å². The van der Waals surface area contributed by atoms with Crippen molar-refractivity contribution < 1.29 is 29.0 Å². The Morgan fingerprint density at radius 2 is 1.64 bits per heavy atom. The van der Waals surface area contributed by atoms with Crippen LogP contribution in [0.1, 0.15) is 52.9 Å². The Balaban J connectivity index is 4.44. The summed E-state index contributed by atoms with van der Waals surface area (Å²) in [7, 11) is 1.18. The molecular weight excluding hydrogens is 328 g/mol. The normalized spacial score (nSPS) is 14.5. The Morgan fingerprint density at radius 1 is 1.08 bits per heavy atom. The van der Waals surface area contributed by atoms with Crippen molar-refractivity contribution in [1.29, 1.82) is 0 Å². The average Bonchev–Trinajstić information content (AvgIpc) is 2.60. The van der Waals surface area contributed by atoms with E-state index in [2.05, 4.69) is 10.1 Å². The van der Waals surface area contributed by atoms with Crippen LogP contribution in [0.5, 0.6) is 0 Å². The second-order valence-corrected chi connectivity index (χ2v) is 6.03. The van der Waals surface area contributed by atoms with E-state index in [-0.39, 0.29) is 18.4 Å². The fourth-order valence-corrected chi connectivity index (χ4v) is 2.78. The van der Waals surface area contributed by atoms with Gasteiger partial charge in [0, 0.05) is 0 Å². The third kappa shape index (κ3) is 8.20. The van der Waals surface area contributed by atoms with Crippen LogP contribution in [0.15, 0.2) is 0 Å². The van der Waals surface area contributed by atoms with E-state index in [1.54, 1.807) is 0 Å². The third-order valence-corrected chi connectivity index (χ3v) is 4.51. The SMILES string of the molecule is CCC(CC)[C@H](N)C(=O)OCCCC(CC)[C@H](NC(=O)OC)C(=O)O. The fourth-order valence-electron chi connectivity index (χ4n) is 2.78. The maximum atomic E-state index is 11.9. The monoisotopic (exact) mass is 360 g/mol. The van der Waals surface area contributed by atoms with Gasteiger partial charge in [-0.25, -0.2) is 9.59 Å². The highest BCUT2D eigenvalue weighted by Crippen LogP contribution is 2.17. The zero-order valence-corrected chi connectivity index (χ0v) is 15.6. The summed E-state index contributed by atoms with van der Waals surface area (Å²) in [6, 6.07) is -1.68. The van der Waals surface area contributed by atoms with Gasteiger partial charge in [0.1, 0.15) is 12.1 Å². The lowest BCUT2D eigenvalue weighted by Crippen LogP contribution is -2.46. The molecule has 8 nitrogen and oxygen atoms in total. The summed E-state index contributed by atoms with van der Waals surface area (Å²) in [6.45, 7) is 5.98. The summed E-state index contributed by atoms with van der Waals surface area (Å²) in [5.41, 5.74) is 5.90. The van der Waals surface area contributed by atoms with Gasteiger partial charge in [-0.05, 0) is 24.7 Å². The molecule has 0 aliphatic heterocycles. The zero-order valence-electron chi connectivity index (χ0n) is 15.6. The predicted molar refractivity (Wildman–Crippen MR) is 93.0 cm³/mol. The van der Waals surface area contributed by atoms with Crippen LogP contribution in [0.3, 0.4) is 0 Å². The molecule has 0 aromatic rings. The van der Waals surface area contributed by atoms with E-state index in [4.69, 9.17) is 10.5 Å². The molecule has 0 aliphatic rings. The van der Waals surface area contributed by atoms with E-state index >= 15 is 0 Å². The Kier molecular flexibility index (Phi) is 11.6. The number of alkyl carbamates (subject to hydrolysis) is 1. The Bertz CT molecular complexity index is 425. The van der Waals surface area contributed by atoms with Gasteiger partial charge < -0.3 is 25.6 Å². The average molecular weight is 360 g/mol. The number of hydrogen-bond acceptors (Lipinski definition) is 6. The Labute approximate surface area is 149 Å². The third-order valence-electron chi connectivity index (χ3n) is 4.51. The minimum atomic E-state index is -1.12. The van der Waals surface area contributed by atoms with Crippen LogP contribution in [-0.4, -0.2) is 48.9 Å². The number of carboxylic acids is 1. The molecule has 0 saturated carbocycles. The van der Waals surface area contributed by atoms with Gasteiger partial charge in [0.25, 0.3) is 0 Å². The number of carbonyl (C=O) groups excluding carboxylic acids is 2. The van der Waals surface area contributed by atoms with Gasteiger partial charge in [0.2, 0.25) is 0 Å². The van der Waals surface area contributed by atoms with Crippen LogP contribution in [0.25, 0.3) is 0 Å². The quantitative estimate of drug-likeness (QED) is 0.358. The number of amides is 1. The number of esters is 1. The molecule has 0 spiro atoms. The number of carboxylic acid groups (broad SMARTS) is 1. The first-order valence-electron chi connectivity index (χ1n) is 8.81. The van der Waals surface area contributed by atoms with E-state index in [1.165, 1.54) is 7.11 Å². The number of ether oxygens (including phenoxy) is 2. The lowest BCUT2D eigenvalue weighted by molar-refractivity contribution is -0.147. The van der Waals surface area contributed by atoms with Gasteiger partial charge in [-0.2, -0.15) is 0 Å². The number of methoxy groups -OCH3 is 1. The second-order valence-electron chi connectivity index (χ2n) is 6.03. The molecule has 3 atom stereocenters. The van der Waals surface area contributed by atoms with Crippen LogP contribution in [0.2, 0.25) is 0 Å². The van der Waals surface area contributed by atoms with Gasteiger partial charge in [-0.15, -0.1) is 0 Å². The van der Waals surface area contributed by atoms with Gasteiger partial charge in [0.15, 0.2) is 0 Å². The number of aliphatic carboxylic acids is 1. The number of hydrogen-bond donors (Lipinski definition) is 3. The van der Waals surface area contributed by atoms with Crippen molar-refractivity contribution in [2.24, 2.45) is 17.6 Å². The number of carbonyl (C=O) groups is 3. The minimum Gasteiger partial charge on any atom is -0.480 e. The first kappa shape index (κ1) is 23.2. The van der Waals surface area contributed by atoms with E-state index in [0.29, 0.717) is 19.3 Å². The highest BCUT2D eigenvalue weighted by atomic mass is 16.5. The van der Waals surface area contributed by atoms with Crippen molar-refractivity contribution in [2.45, 2.75) is 65.0 Å². The lowest BCUT2D eigenvalue weighted by atomic mass is 9.92. The molecule has 1 unspecified atom stereocenters. The van der Waals surface area contributed by atoms with E-state index in [9.17, 15) is 19.5 Å². The summed E-state index contributed by atoms with van der Waals surface area (Å²) in [4.78, 5) is 34.6. The van der Waals surface area contributed by atoms with Gasteiger partial charge in [-0.3, -0.25) is 4.79 Å². The molecule has 8 heteroatoms.